The van der Waals surface area contributed by atoms with E-state index in [0.29, 0.717) is 11.4 Å². The van der Waals surface area contributed by atoms with E-state index < -0.39 is 0 Å². The van der Waals surface area contributed by atoms with Gasteiger partial charge in [0.2, 0.25) is 5.91 Å². The molecule has 1 atom stereocenters. The van der Waals surface area contributed by atoms with E-state index in [9.17, 15) is 9.18 Å². The van der Waals surface area contributed by atoms with Crippen LogP contribution < -0.4 is 5.32 Å². The Bertz CT molecular complexity index is 1010. The number of nitrogens with one attached hydrogen (secondary N) is 1. The second kappa shape index (κ2) is 6.98. The van der Waals surface area contributed by atoms with E-state index in [1.54, 1.807) is 30.3 Å². The molecule has 0 saturated carbocycles. The van der Waals surface area contributed by atoms with Crippen molar-refractivity contribution in [2.24, 2.45) is 7.05 Å². The molecule has 4 rings (SSSR count). The Kier molecular flexibility index (Phi) is 4.66. The van der Waals surface area contributed by atoms with Crippen LogP contribution in [0.4, 0.5) is 10.1 Å². The van der Waals surface area contributed by atoms with Gasteiger partial charge >= 0.3 is 0 Å². The molecule has 0 aliphatic carbocycles. The first kappa shape index (κ1) is 18.0. The summed E-state index contributed by atoms with van der Waals surface area (Å²) in [7, 11) is 4.05. The molecule has 0 saturated heterocycles. The van der Waals surface area contributed by atoms with Gasteiger partial charge in [0.1, 0.15) is 5.82 Å². The highest BCUT2D eigenvalue weighted by Gasteiger charge is 2.30. The summed E-state index contributed by atoms with van der Waals surface area (Å²) in [6.07, 6.45) is 0.343. The van der Waals surface area contributed by atoms with E-state index in [0.717, 1.165) is 40.9 Å². The molecular formula is C21H21ClFN3O. The second-order valence-electron chi connectivity index (χ2n) is 7.23. The number of carbonyl (C=O) groups is 1. The number of rotatable bonds is 3. The fourth-order valence-electron chi connectivity index (χ4n) is 4.07. The van der Waals surface area contributed by atoms with Crippen molar-refractivity contribution in [3.63, 3.8) is 0 Å². The van der Waals surface area contributed by atoms with Gasteiger partial charge in [-0.25, -0.2) is 4.39 Å². The zero-order valence-electron chi connectivity index (χ0n) is 15.3. The summed E-state index contributed by atoms with van der Waals surface area (Å²) in [4.78, 5) is 14.9. The van der Waals surface area contributed by atoms with Gasteiger partial charge in [-0.3, -0.25) is 9.69 Å². The summed E-state index contributed by atoms with van der Waals surface area (Å²) in [6.45, 7) is 1.55. The average Bonchev–Trinajstić information content (AvgIpc) is 2.89. The molecule has 27 heavy (non-hydrogen) atoms. The monoisotopic (exact) mass is 385 g/mol. The van der Waals surface area contributed by atoms with E-state index in [1.807, 2.05) is 20.2 Å². The largest absolute Gasteiger partial charge is 0.346 e. The van der Waals surface area contributed by atoms with Crippen LogP contribution in [0.5, 0.6) is 0 Å². The van der Waals surface area contributed by atoms with Gasteiger partial charge in [0.25, 0.3) is 0 Å². The number of nitrogens with zero attached hydrogens (tertiary/aromatic N) is 2. The Morgan fingerprint density at radius 3 is 2.70 bits per heavy atom. The molecule has 1 N–H and O–H groups in total. The van der Waals surface area contributed by atoms with Crippen LogP contribution in [0.3, 0.4) is 0 Å². The summed E-state index contributed by atoms with van der Waals surface area (Å²) in [5.74, 6) is -0.298. The molecule has 0 spiro atoms. The van der Waals surface area contributed by atoms with Crippen molar-refractivity contribution in [2.45, 2.75) is 18.9 Å². The van der Waals surface area contributed by atoms with Gasteiger partial charge < -0.3 is 9.88 Å². The predicted molar refractivity (Wildman–Crippen MR) is 107 cm³/mol. The number of hydrogen-bond donors (Lipinski definition) is 1. The van der Waals surface area contributed by atoms with Crippen LogP contribution in [0.15, 0.2) is 42.5 Å². The van der Waals surface area contributed by atoms with Gasteiger partial charge in [-0.1, -0.05) is 11.6 Å². The lowest BCUT2D eigenvalue weighted by Crippen LogP contribution is -2.33. The maximum Gasteiger partial charge on any atom is 0.225 e. The number of aryl methyl sites for hydroxylation is 1. The van der Waals surface area contributed by atoms with Crippen molar-refractivity contribution < 1.29 is 9.18 Å². The fraction of sp³-hybridized carbons (Fsp3) is 0.286. The Labute approximate surface area is 162 Å². The number of halogens is 2. The maximum absolute atomic E-state index is 13.9. The van der Waals surface area contributed by atoms with Gasteiger partial charge in [0.05, 0.1) is 0 Å². The number of amides is 1. The molecule has 3 aromatic rings. The van der Waals surface area contributed by atoms with E-state index >= 15 is 0 Å². The number of aromatic nitrogens is 1. The zero-order chi connectivity index (χ0) is 19.1. The third kappa shape index (κ3) is 3.45. The Balaban J connectivity index is 1.65. The quantitative estimate of drug-likeness (QED) is 0.719. The lowest BCUT2D eigenvalue weighted by Gasteiger charge is -2.31. The summed E-state index contributed by atoms with van der Waals surface area (Å²) in [6, 6.07) is 11.9. The summed E-state index contributed by atoms with van der Waals surface area (Å²) >= 11 is 5.90. The highest BCUT2D eigenvalue weighted by Crippen LogP contribution is 2.38. The molecule has 1 unspecified atom stereocenters. The SMILES string of the molecule is CN1Cc2c(c3cc(F)ccc3n2C)C(CC(=O)Nc2ccc(Cl)cc2)C1. The average molecular weight is 386 g/mol. The van der Waals surface area contributed by atoms with E-state index in [4.69, 9.17) is 11.6 Å². The summed E-state index contributed by atoms with van der Waals surface area (Å²) in [5.41, 5.74) is 3.96. The topological polar surface area (TPSA) is 37.3 Å². The van der Waals surface area contributed by atoms with Crippen LogP contribution >= 0.6 is 11.6 Å². The fourth-order valence-corrected chi connectivity index (χ4v) is 4.19. The molecule has 1 aromatic heterocycles. The number of likely N-dealkylation sites (N-methyl/N-ethyl adjacent to an activating group) is 1. The molecule has 2 heterocycles. The standard InChI is InChI=1S/C21H21ClFN3O/c1-25-11-13(9-20(27)24-16-6-3-14(22)4-7-16)21-17-10-15(23)5-8-18(17)26(2)19(21)12-25/h3-8,10,13H,9,11-12H2,1-2H3,(H,24,27). The van der Waals surface area contributed by atoms with Crippen LogP contribution in [0, 0.1) is 5.82 Å². The third-order valence-electron chi connectivity index (χ3n) is 5.25. The first-order valence-corrected chi connectivity index (χ1v) is 9.31. The van der Waals surface area contributed by atoms with Gasteiger partial charge in [0, 0.05) is 59.8 Å². The van der Waals surface area contributed by atoms with Gasteiger partial charge in [0.15, 0.2) is 0 Å². The van der Waals surface area contributed by atoms with Crippen molar-refractivity contribution >= 4 is 34.1 Å². The molecular weight excluding hydrogens is 365 g/mol. The van der Waals surface area contributed by atoms with E-state index in [1.165, 1.54) is 6.07 Å². The first-order chi connectivity index (χ1) is 12.9. The minimum absolute atomic E-state index is 0.0107. The van der Waals surface area contributed by atoms with Crippen LogP contribution in [0.2, 0.25) is 5.02 Å². The van der Waals surface area contributed by atoms with Crippen molar-refractivity contribution in [2.75, 3.05) is 18.9 Å². The Morgan fingerprint density at radius 2 is 1.96 bits per heavy atom. The molecule has 0 radical (unpaired) electrons. The normalized spacial score (nSPS) is 17.1. The molecule has 0 bridgehead atoms. The van der Waals surface area contributed by atoms with Crippen molar-refractivity contribution in [1.82, 2.24) is 9.47 Å². The molecule has 6 heteroatoms. The highest BCUT2D eigenvalue weighted by molar-refractivity contribution is 6.30. The van der Waals surface area contributed by atoms with Crippen LogP contribution in [-0.2, 0) is 18.4 Å². The highest BCUT2D eigenvalue weighted by atomic mass is 35.5. The molecule has 4 nitrogen and oxygen atoms in total. The minimum Gasteiger partial charge on any atom is -0.346 e. The van der Waals surface area contributed by atoms with Crippen molar-refractivity contribution in [3.05, 3.63) is 64.6 Å². The Hall–Kier alpha value is -2.37. The van der Waals surface area contributed by atoms with Gasteiger partial charge in [-0.05, 0) is 55.1 Å². The number of carbonyl (C=O) groups excluding carboxylic acids is 1. The molecule has 1 amide bonds. The van der Waals surface area contributed by atoms with Crippen LogP contribution in [-0.4, -0.2) is 29.0 Å². The maximum atomic E-state index is 13.9. The number of anilines is 1. The number of benzene rings is 2. The van der Waals surface area contributed by atoms with E-state index in [-0.39, 0.29) is 17.6 Å². The van der Waals surface area contributed by atoms with Crippen molar-refractivity contribution in [1.29, 1.82) is 0 Å². The zero-order valence-corrected chi connectivity index (χ0v) is 16.1. The summed E-state index contributed by atoms with van der Waals surface area (Å²) in [5, 5.41) is 4.47. The second-order valence-corrected chi connectivity index (χ2v) is 7.67. The molecule has 0 fully saturated rings. The molecule has 1 aliphatic heterocycles. The Morgan fingerprint density at radius 1 is 1.22 bits per heavy atom. The van der Waals surface area contributed by atoms with E-state index in [2.05, 4.69) is 14.8 Å². The van der Waals surface area contributed by atoms with Crippen LogP contribution in [0.1, 0.15) is 23.6 Å². The third-order valence-corrected chi connectivity index (χ3v) is 5.50. The molecule has 2 aromatic carbocycles. The van der Waals surface area contributed by atoms with Gasteiger partial charge in [-0.15, -0.1) is 0 Å². The lowest BCUT2D eigenvalue weighted by atomic mass is 9.89. The van der Waals surface area contributed by atoms with Gasteiger partial charge in [-0.2, -0.15) is 0 Å². The summed E-state index contributed by atoms with van der Waals surface area (Å²) < 4.78 is 16.0. The number of fused-ring (bicyclic) bond motifs is 3. The van der Waals surface area contributed by atoms with Crippen LogP contribution in [0.25, 0.3) is 10.9 Å². The number of hydrogen-bond acceptors (Lipinski definition) is 2. The lowest BCUT2D eigenvalue weighted by molar-refractivity contribution is -0.116. The molecule has 1 aliphatic rings. The smallest absolute Gasteiger partial charge is 0.225 e. The van der Waals surface area contributed by atoms with Crippen molar-refractivity contribution in [3.8, 4) is 0 Å². The molecule has 140 valence electrons. The first-order valence-electron chi connectivity index (χ1n) is 8.93. The minimum atomic E-state index is -0.251. The predicted octanol–water partition coefficient (Wildman–Crippen LogP) is 4.53.